The lowest BCUT2D eigenvalue weighted by atomic mass is 10.2. The molecule has 0 radical (unpaired) electrons. The number of nitro benzene ring substituents is 1. The Balaban J connectivity index is 0.000000141. The van der Waals surface area contributed by atoms with Gasteiger partial charge in [-0.3, -0.25) is 49.5 Å². The van der Waals surface area contributed by atoms with Gasteiger partial charge in [0.05, 0.1) is 38.6 Å². The van der Waals surface area contributed by atoms with Crippen molar-refractivity contribution in [3.05, 3.63) is 190 Å². The first-order valence-electron chi connectivity index (χ1n) is 31.8. The van der Waals surface area contributed by atoms with Gasteiger partial charge in [-0.15, -0.1) is 11.6 Å². The molecule has 3 aliphatic rings. The number of non-ortho nitro benzene ring substituents is 1. The monoisotopic (exact) mass is 1420 g/mol. The predicted octanol–water partition coefficient (Wildman–Crippen LogP) is 11.2. The molecule has 3 amide bonds. The second kappa shape index (κ2) is 32.0. The molecule has 0 spiro atoms. The van der Waals surface area contributed by atoms with Crippen LogP contribution in [0.3, 0.4) is 0 Å². The zero-order chi connectivity index (χ0) is 70.8. The fraction of sp³-hybridized carbons (Fsp3) is 0.324. The molecule has 3 saturated heterocycles. The highest BCUT2D eigenvalue weighted by Gasteiger charge is 2.26. The van der Waals surface area contributed by atoms with Gasteiger partial charge in [-0.1, -0.05) is 34.8 Å². The Kier molecular flexibility index (Phi) is 23.1. The number of nitro groups is 2. The molecule has 0 saturated carbocycles. The lowest BCUT2D eigenvalue weighted by Gasteiger charge is -2.36. The van der Waals surface area contributed by atoms with E-state index in [1.165, 1.54) is 24.4 Å². The minimum absolute atomic E-state index is 0.00955. The lowest BCUT2D eigenvalue weighted by molar-refractivity contribution is -0.385. The Morgan fingerprint density at radius 1 is 0.495 bits per heavy atom. The Morgan fingerprint density at radius 2 is 0.939 bits per heavy atom. The topological polar surface area (TPSA) is 315 Å². The minimum atomic E-state index is -0.473. The Bertz CT molecular complexity index is 4760. The van der Waals surface area contributed by atoms with Crippen LogP contribution in [0, 0.1) is 68.7 Å². The Hall–Kier alpha value is -10.2. The van der Waals surface area contributed by atoms with E-state index in [9.17, 15) is 34.6 Å². The molecule has 3 aliphatic heterocycles. The maximum atomic E-state index is 12.9. The van der Waals surface area contributed by atoms with Crippen LogP contribution in [-0.2, 0) is 27.5 Å². The molecule has 10 heterocycles. The van der Waals surface area contributed by atoms with Crippen molar-refractivity contribution < 1.29 is 24.2 Å². The second-order valence-electron chi connectivity index (χ2n) is 24.0. The number of anilines is 4. The maximum absolute atomic E-state index is 12.9. The minimum Gasteiger partial charge on any atom is -0.397 e. The molecule has 4 N–H and O–H groups in total. The number of pyridine rings is 3. The number of piperazine rings is 3. The van der Waals surface area contributed by atoms with Gasteiger partial charge in [-0.2, -0.15) is 20.4 Å². The summed E-state index contributed by atoms with van der Waals surface area (Å²) in [6.07, 6.45) is 4.53. The van der Waals surface area contributed by atoms with E-state index >= 15 is 0 Å². The van der Waals surface area contributed by atoms with Gasteiger partial charge in [0.2, 0.25) is 17.7 Å². The van der Waals surface area contributed by atoms with E-state index in [0.717, 1.165) is 140 Å². The summed E-state index contributed by atoms with van der Waals surface area (Å²) in [6, 6.07) is 29.9. The Morgan fingerprint density at radius 3 is 1.41 bits per heavy atom. The van der Waals surface area contributed by atoms with Crippen molar-refractivity contribution in [2.45, 2.75) is 61.6 Å². The Labute approximate surface area is 589 Å². The highest BCUT2D eigenvalue weighted by molar-refractivity contribution is 6.32. The molecule has 3 fully saturated rings. The van der Waals surface area contributed by atoms with Crippen molar-refractivity contribution in [2.75, 3.05) is 105 Å². The van der Waals surface area contributed by atoms with E-state index in [1.54, 1.807) is 41.7 Å². The molecule has 99 heavy (non-hydrogen) atoms. The van der Waals surface area contributed by atoms with Gasteiger partial charge in [-0.05, 0) is 144 Å². The van der Waals surface area contributed by atoms with Gasteiger partial charge in [-0.25, -0.2) is 19.6 Å². The SMILES string of the molecule is Cc1[nH]nc2ncc([N+](=O)[O-])cc12.Cc1[nH]nc2ncccc12.Cc1cc(N2CCN(C(=O)CCl)CC2)ccc1Cl.Cc1cc(N2CCN(C(=O)Cn3nc(C)c4cc(N)cnc43)CC2)ccc1Cl.Cc1cc(N2CCN(C(=O)Cn3nc(C)c4cc([N+](=O)[O-])ccc43)CC2)ccc1Cl. The fourth-order valence-corrected chi connectivity index (χ4v) is 12.2. The molecule has 0 atom stereocenters. The maximum Gasteiger partial charge on any atom is 0.288 e. The van der Waals surface area contributed by atoms with Crippen molar-refractivity contribution in [2.24, 2.45) is 0 Å². The number of aryl methyl sites for hydroxylation is 7. The average Bonchev–Trinajstić information content (AvgIpc) is 1.57. The van der Waals surface area contributed by atoms with Crippen molar-refractivity contribution in [1.29, 1.82) is 0 Å². The number of H-pyrrole nitrogens is 2. The molecule has 11 aromatic rings. The number of nitrogens with zero attached hydrogens (tertiary/aromatic N) is 17. The summed E-state index contributed by atoms with van der Waals surface area (Å²) in [5, 5.41) is 49.4. The lowest BCUT2D eigenvalue weighted by Crippen LogP contribution is -2.49. The molecule has 31 heteroatoms. The van der Waals surface area contributed by atoms with E-state index in [-0.39, 0.29) is 48.1 Å². The number of aromatic nitrogens is 11. The van der Waals surface area contributed by atoms with E-state index in [1.807, 2.05) is 104 Å². The summed E-state index contributed by atoms with van der Waals surface area (Å²) in [7, 11) is 0. The largest absolute Gasteiger partial charge is 0.397 e. The number of aromatic amines is 2. The molecule has 27 nitrogen and oxygen atoms in total. The molecule has 0 aliphatic carbocycles. The number of nitrogens with two attached hydrogens (primary N) is 1. The second-order valence-corrected chi connectivity index (χ2v) is 25.5. The van der Waals surface area contributed by atoms with Crippen LogP contribution in [0.1, 0.15) is 39.5 Å². The van der Waals surface area contributed by atoms with Crippen LogP contribution >= 0.6 is 46.4 Å². The van der Waals surface area contributed by atoms with Gasteiger partial charge in [0, 0.05) is 168 Å². The first-order valence-corrected chi connectivity index (χ1v) is 33.4. The molecule has 7 aromatic heterocycles. The first kappa shape index (κ1) is 71.5. The van der Waals surface area contributed by atoms with Gasteiger partial charge in [0.15, 0.2) is 16.9 Å². The fourth-order valence-electron chi connectivity index (χ4n) is 11.6. The number of carbonyl (C=O) groups excluding carboxylic acids is 3. The number of nitrogens with one attached hydrogen (secondary N) is 2. The molecular formula is C68H74Cl4N20O7. The number of halogens is 4. The number of fused-ring (bicyclic) bond motifs is 4. The van der Waals surface area contributed by atoms with Crippen molar-refractivity contribution in [3.63, 3.8) is 0 Å². The summed E-state index contributed by atoms with van der Waals surface area (Å²) in [5.74, 6) is 0.128. The van der Waals surface area contributed by atoms with E-state index in [4.69, 9.17) is 52.1 Å². The summed E-state index contributed by atoms with van der Waals surface area (Å²) >= 11 is 23.8. The molecule has 0 unspecified atom stereocenters. The third kappa shape index (κ3) is 17.4. The van der Waals surface area contributed by atoms with Crippen LogP contribution in [-0.4, -0.2) is 182 Å². The predicted molar refractivity (Wildman–Crippen MR) is 387 cm³/mol. The van der Waals surface area contributed by atoms with Crippen LogP contribution in [0.15, 0.2) is 116 Å². The quantitative estimate of drug-likeness (QED) is 0.0651. The highest BCUT2D eigenvalue weighted by Crippen LogP contribution is 2.29. The van der Waals surface area contributed by atoms with E-state index in [0.29, 0.717) is 59.6 Å². The van der Waals surface area contributed by atoms with Crippen LogP contribution in [0.2, 0.25) is 15.1 Å². The summed E-state index contributed by atoms with van der Waals surface area (Å²) in [6.45, 7) is 22.6. The number of rotatable bonds is 10. The van der Waals surface area contributed by atoms with Crippen LogP contribution in [0.25, 0.3) is 44.0 Å². The first-order chi connectivity index (χ1) is 47.4. The number of carbonyl (C=O) groups is 3. The number of alkyl halides is 1. The van der Waals surface area contributed by atoms with Gasteiger partial charge in [0.25, 0.3) is 11.4 Å². The third-order valence-corrected chi connectivity index (χ3v) is 18.8. The molecule has 14 rings (SSSR count). The molecule has 4 aromatic carbocycles. The summed E-state index contributed by atoms with van der Waals surface area (Å²) < 4.78 is 3.30. The summed E-state index contributed by atoms with van der Waals surface area (Å²) in [5.41, 5.74) is 19.1. The summed E-state index contributed by atoms with van der Waals surface area (Å²) in [4.78, 5) is 82.3. The molecular weight excluding hydrogens is 1350 g/mol. The standard InChI is InChI=1S/C21H22ClN5O3.C20H23ClN6O.C13H16Cl2N2O.C7H6N4O2.C7H7N3/c1-14-11-16(3-5-19(14)22)24-7-9-25(10-8-24)21(28)13-26-20-6-4-17(27(29)30)12-18(20)15(2)23-26;1-13-9-16(3-4-18(13)21)25-5-7-26(8-6-25)19(28)12-27-20-17(14(2)24-27)10-15(22)11-23-20;1-10-8-11(2-3-12(10)15)16-4-6-17(7-5-16)13(18)9-14;1-4-6-2-5(11(12)13)3-8-7(6)10-9-4;1-5-6-3-2-4-8-7(6)10-9-5/h3-6,11-12H,7-10,13H2,1-2H3;3-4,9-11H,5-8,12,22H2,1-2H3;2-3,8H,4-7,9H2,1H3;2-3H,1H3,(H,8,9,10);2-4H,1H3,(H,8,9,10). The van der Waals surface area contributed by atoms with Crippen molar-refractivity contribution in [1.82, 2.24) is 69.6 Å². The number of nitrogen functional groups attached to an aromatic ring is 1. The average molecular weight is 1430 g/mol. The highest BCUT2D eigenvalue weighted by atomic mass is 35.5. The zero-order valence-electron chi connectivity index (χ0n) is 55.6. The molecule has 516 valence electrons. The van der Waals surface area contributed by atoms with Crippen LogP contribution in [0.4, 0.5) is 34.1 Å². The van der Waals surface area contributed by atoms with Crippen molar-refractivity contribution >= 4 is 142 Å². The smallest absolute Gasteiger partial charge is 0.288 e. The normalized spacial score (nSPS) is 13.8. The van der Waals surface area contributed by atoms with Gasteiger partial charge >= 0.3 is 0 Å². The number of benzene rings is 4. The van der Waals surface area contributed by atoms with E-state index < -0.39 is 9.85 Å². The van der Waals surface area contributed by atoms with Gasteiger partial charge < -0.3 is 35.1 Å². The number of hydrogen-bond donors (Lipinski definition) is 3. The van der Waals surface area contributed by atoms with Crippen molar-refractivity contribution in [3.8, 4) is 0 Å². The van der Waals surface area contributed by atoms with Crippen LogP contribution in [0.5, 0.6) is 0 Å². The number of hydrogen-bond acceptors (Lipinski definition) is 18. The van der Waals surface area contributed by atoms with Gasteiger partial charge in [0.1, 0.15) is 25.2 Å². The molecule has 0 bridgehead atoms. The van der Waals surface area contributed by atoms with Crippen LogP contribution < -0.4 is 20.4 Å². The third-order valence-electron chi connectivity index (χ3n) is 17.3. The number of amides is 3. The zero-order valence-corrected chi connectivity index (χ0v) is 58.6. The van der Waals surface area contributed by atoms with E-state index in [2.05, 4.69) is 78.4 Å².